The van der Waals surface area contributed by atoms with Crippen molar-refractivity contribution in [2.24, 2.45) is 0 Å². The minimum absolute atomic E-state index is 0.255. The molecule has 1 N–H and O–H groups in total. The van der Waals surface area contributed by atoms with Gasteiger partial charge in [-0.25, -0.2) is 14.4 Å². The van der Waals surface area contributed by atoms with E-state index in [1.807, 2.05) is 33.2 Å². The molecule has 3 aromatic heterocycles. The van der Waals surface area contributed by atoms with E-state index in [9.17, 15) is 4.39 Å². The summed E-state index contributed by atoms with van der Waals surface area (Å²) in [6, 6.07) is 3.83. The van der Waals surface area contributed by atoms with Gasteiger partial charge in [-0.3, -0.25) is 5.10 Å². The van der Waals surface area contributed by atoms with E-state index < -0.39 is 0 Å². The van der Waals surface area contributed by atoms with E-state index in [1.165, 1.54) is 11.3 Å². The molecule has 122 valence electrons. The molecule has 4 aromatic rings. The molecular formula is C17H16FN5S. The Hall–Kier alpha value is -2.54. The average Bonchev–Trinajstić information content (AvgIpc) is 3.12. The fourth-order valence-electron chi connectivity index (χ4n) is 3.07. The van der Waals surface area contributed by atoms with Gasteiger partial charge in [0.05, 0.1) is 28.1 Å². The lowest BCUT2D eigenvalue weighted by Gasteiger charge is -2.18. The number of pyridine rings is 1. The average molecular weight is 341 g/mol. The first-order chi connectivity index (χ1) is 11.5. The van der Waals surface area contributed by atoms with Crippen LogP contribution in [0.1, 0.15) is 10.6 Å². The molecule has 7 heteroatoms. The first kappa shape index (κ1) is 15.0. The second-order valence-corrected chi connectivity index (χ2v) is 7.15. The zero-order valence-corrected chi connectivity index (χ0v) is 14.6. The van der Waals surface area contributed by atoms with Gasteiger partial charge in [0.15, 0.2) is 5.82 Å². The Labute approximate surface area is 142 Å². The van der Waals surface area contributed by atoms with Crippen LogP contribution in [0.5, 0.6) is 0 Å². The molecule has 0 aliphatic carbocycles. The molecule has 24 heavy (non-hydrogen) atoms. The number of anilines is 1. The van der Waals surface area contributed by atoms with Crippen molar-refractivity contribution in [2.45, 2.75) is 13.8 Å². The first-order valence-electron chi connectivity index (χ1n) is 7.54. The van der Waals surface area contributed by atoms with Crippen molar-refractivity contribution in [1.82, 2.24) is 20.2 Å². The highest BCUT2D eigenvalue weighted by Crippen LogP contribution is 2.39. The molecule has 0 amide bonds. The van der Waals surface area contributed by atoms with Crippen LogP contribution < -0.4 is 4.90 Å². The maximum atomic E-state index is 15.0. The Morgan fingerprint density at radius 2 is 1.96 bits per heavy atom. The van der Waals surface area contributed by atoms with Gasteiger partial charge in [-0.2, -0.15) is 5.10 Å². The van der Waals surface area contributed by atoms with Crippen LogP contribution >= 0.6 is 11.3 Å². The van der Waals surface area contributed by atoms with Crippen LogP contribution in [0, 0.1) is 19.7 Å². The molecule has 0 bridgehead atoms. The van der Waals surface area contributed by atoms with Crippen LogP contribution in [-0.4, -0.2) is 34.3 Å². The highest BCUT2D eigenvalue weighted by molar-refractivity contribution is 7.18. The van der Waals surface area contributed by atoms with Crippen LogP contribution in [0.25, 0.3) is 32.5 Å². The highest BCUT2D eigenvalue weighted by atomic mass is 32.1. The second-order valence-electron chi connectivity index (χ2n) is 5.97. The van der Waals surface area contributed by atoms with Crippen molar-refractivity contribution in [1.29, 1.82) is 0 Å². The number of aromatic nitrogens is 4. The smallest absolute Gasteiger partial charge is 0.152 e. The number of thiazole rings is 1. The molecule has 0 saturated heterocycles. The number of aryl methyl sites for hydroxylation is 1. The van der Waals surface area contributed by atoms with Gasteiger partial charge < -0.3 is 4.90 Å². The molecule has 5 nitrogen and oxygen atoms in total. The lowest BCUT2D eigenvalue weighted by Crippen LogP contribution is -2.13. The number of rotatable bonds is 2. The van der Waals surface area contributed by atoms with Gasteiger partial charge in [0.25, 0.3) is 0 Å². The fourth-order valence-corrected chi connectivity index (χ4v) is 3.86. The summed E-state index contributed by atoms with van der Waals surface area (Å²) in [4.78, 5) is 11.8. The predicted octanol–water partition coefficient (Wildman–Crippen LogP) is 4.06. The minimum Gasteiger partial charge on any atom is -0.374 e. The lowest BCUT2D eigenvalue weighted by molar-refractivity contribution is 0.619. The van der Waals surface area contributed by atoms with Crippen molar-refractivity contribution in [3.8, 4) is 11.3 Å². The molecule has 0 atom stereocenters. The number of hydrogen-bond donors (Lipinski definition) is 1. The molecule has 0 radical (unpaired) electrons. The number of benzene rings is 1. The number of halogens is 1. The van der Waals surface area contributed by atoms with E-state index >= 15 is 0 Å². The molecule has 0 unspecified atom stereocenters. The monoisotopic (exact) mass is 341 g/mol. The molecule has 0 aliphatic heterocycles. The number of H-pyrrole nitrogens is 1. The zero-order chi connectivity index (χ0) is 17.0. The Morgan fingerprint density at radius 1 is 1.17 bits per heavy atom. The third kappa shape index (κ3) is 2.08. The first-order valence-corrected chi connectivity index (χ1v) is 8.36. The van der Waals surface area contributed by atoms with Crippen LogP contribution in [0.4, 0.5) is 10.1 Å². The molecule has 3 heterocycles. The van der Waals surface area contributed by atoms with E-state index in [4.69, 9.17) is 4.98 Å². The van der Waals surface area contributed by atoms with Crippen molar-refractivity contribution < 1.29 is 4.39 Å². The second kappa shape index (κ2) is 5.24. The molecule has 0 spiro atoms. The largest absolute Gasteiger partial charge is 0.374 e. The summed E-state index contributed by atoms with van der Waals surface area (Å²) < 4.78 is 15.0. The normalized spacial score (nSPS) is 11.5. The van der Waals surface area contributed by atoms with E-state index in [2.05, 4.69) is 15.2 Å². The van der Waals surface area contributed by atoms with Gasteiger partial charge >= 0.3 is 0 Å². The van der Waals surface area contributed by atoms with E-state index in [1.54, 1.807) is 18.0 Å². The summed E-state index contributed by atoms with van der Waals surface area (Å²) in [7, 11) is 3.64. The predicted molar refractivity (Wildman–Crippen MR) is 96.3 cm³/mol. The maximum Gasteiger partial charge on any atom is 0.152 e. The Kier molecular flexibility index (Phi) is 3.28. The van der Waals surface area contributed by atoms with E-state index in [0.717, 1.165) is 32.0 Å². The summed E-state index contributed by atoms with van der Waals surface area (Å²) in [6.07, 6.45) is 1.73. The van der Waals surface area contributed by atoms with Crippen LogP contribution in [-0.2, 0) is 0 Å². The number of nitrogens with zero attached hydrogens (tertiary/aromatic N) is 4. The van der Waals surface area contributed by atoms with Gasteiger partial charge in [-0.1, -0.05) is 11.3 Å². The molecule has 1 aromatic carbocycles. The lowest BCUT2D eigenvalue weighted by atomic mass is 9.98. The molecular weight excluding hydrogens is 325 g/mol. The van der Waals surface area contributed by atoms with Gasteiger partial charge in [0.1, 0.15) is 10.3 Å². The van der Waals surface area contributed by atoms with Crippen LogP contribution in [0.15, 0.2) is 18.3 Å². The molecule has 0 saturated carbocycles. The summed E-state index contributed by atoms with van der Waals surface area (Å²) in [5, 5.41) is 8.88. The van der Waals surface area contributed by atoms with Crippen LogP contribution in [0.2, 0.25) is 0 Å². The molecule has 4 rings (SSSR count). The minimum atomic E-state index is -0.255. The highest BCUT2D eigenvalue weighted by Gasteiger charge is 2.21. The topological polar surface area (TPSA) is 57.7 Å². The van der Waals surface area contributed by atoms with Gasteiger partial charge in [-0.05, 0) is 31.5 Å². The summed E-state index contributed by atoms with van der Waals surface area (Å²) in [5.74, 6) is -0.255. The number of hydrogen-bond acceptors (Lipinski definition) is 5. The van der Waals surface area contributed by atoms with Crippen molar-refractivity contribution in [3.05, 3.63) is 34.7 Å². The van der Waals surface area contributed by atoms with E-state index in [-0.39, 0.29) is 5.82 Å². The van der Waals surface area contributed by atoms with E-state index in [0.29, 0.717) is 16.8 Å². The van der Waals surface area contributed by atoms with Crippen molar-refractivity contribution >= 4 is 38.3 Å². The quantitative estimate of drug-likeness (QED) is 0.597. The standard InChI is InChI=1S/C17H16FN5S/c1-8-13(11-5-6-12-17(21-11)24-9(2)20-12)10-7-19-22-15(10)16(14(8)18)23(3)4/h5-7H,1-4H3,(H,19,22). The maximum absolute atomic E-state index is 15.0. The molecule has 0 fully saturated rings. The van der Waals surface area contributed by atoms with Gasteiger partial charge in [-0.15, -0.1) is 0 Å². The number of aromatic amines is 1. The summed E-state index contributed by atoms with van der Waals surface area (Å²) in [5.41, 5.74) is 4.14. The third-order valence-electron chi connectivity index (χ3n) is 4.12. The number of fused-ring (bicyclic) bond motifs is 2. The van der Waals surface area contributed by atoms with Gasteiger partial charge in [0.2, 0.25) is 0 Å². The SMILES string of the molecule is Cc1nc2ccc(-c3c(C)c(F)c(N(C)C)c4[nH]ncc34)nc2s1. The fraction of sp³-hybridized carbons (Fsp3) is 0.235. The summed E-state index contributed by atoms with van der Waals surface area (Å²) >= 11 is 1.54. The zero-order valence-electron chi connectivity index (χ0n) is 13.8. The van der Waals surface area contributed by atoms with Gasteiger partial charge in [0, 0.05) is 25.0 Å². The summed E-state index contributed by atoms with van der Waals surface area (Å²) in [6.45, 7) is 3.74. The third-order valence-corrected chi connectivity index (χ3v) is 5.00. The van der Waals surface area contributed by atoms with Crippen molar-refractivity contribution in [3.63, 3.8) is 0 Å². The molecule has 0 aliphatic rings. The van der Waals surface area contributed by atoms with Crippen molar-refractivity contribution in [2.75, 3.05) is 19.0 Å². The number of nitrogens with one attached hydrogen (secondary N) is 1. The Morgan fingerprint density at radius 3 is 2.71 bits per heavy atom. The van der Waals surface area contributed by atoms with Crippen LogP contribution in [0.3, 0.4) is 0 Å². The Balaban J connectivity index is 2.07. The Bertz CT molecular complexity index is 1080.